The van der Waals surface area contributed by atoms with Gasteiger partial charge in [-0.1, -0.05) is 0 Å². The van der Waals surface area contributed by atoms with E-state index in [4.69, 9.17) is 19.9 Å². The second kappa shape index (κ2) is 7.55. The summed E-state index contributed by atoms with van der Waals surface area (Å²) in [5.74, 6) is 0.504. The maximum absolute atomic E-state index is 12.5. The van der Waals surface area contributed by atoms with E-state index in [-0.39, 0.29) is 23.1 Å². The molecular weight excluding hydrogens is 378 g/mol. The van der Waals surface area contributed by atoms with Crippen LogP contribution in [0.4, 0.5) is 0 Å². The lowest BCUT2D eigenvalue weighted by molar-refractivity contribution is 0.0970. The van der Waals surface area contributed by atoms with Gasteiger partial charge in [-0.05, 0) is 25.0 Å². The zero-order chi connectivity index (χ0) is 20.5. The van der Waals surface area contributed by atoms with Gasteiger partial charge in [-0.25, -0.2) is 14.8 Å². The molecular formula is C19H21N5O5. The number of fused-ring (bicyclic) bond motifs is 1. The lowest BCUT2D eigenvalue weighted by Gasteiger charge is -2.12. The molecule has 2 aromatic heterocycles. The zero-order valence-corrected chi connectivity index (χ0v) is 16.1. The molecule has 1 saturated heterocycles. The quantitative estimate of drug-likeness (QED) is 0.633. The average Bonchev–Trinajstić information content (AvgIpc) is 3.35. The number of rotatable bonds is 6. The van der Waals surface area contributed by atoms with E-state index in [0.29, 0.717) is 35.9 Å². The first kappa shape index (κ1) is 18.9. The molecule has 3 N–H and O–H groups in total. The van der Waals surface area contributed by atoms with Crippen LogP contribution >= 0.6 is 0 Å². The largest absolute Gasteiger partial charge is 0.497 e. The Morgan fingerprint density at radius 2 is 2.17 bits per heavy atom. The number of aromatic nitrogens is 4. The summed E-state index contributed by atoms with van der Waals surface area (Å²) in [6, 6.07) is 5.13. The van der Waals surface area contributed by atoms with Crippen molar-refractivity contribution in [1.29, 1.82) is 0 Å². The molecule has 3 aromatic rings. The summed E-state index contributed by atoms with van der Waals surface area (Å²) in [6.07, 6.45) is 1.71. The van der Waals surface area contributed by atoms with E-state index in [2.05, 4.69) is 15.0 Å². The number of ether oxygens (including phenoxy) is 3. The van der Waals surface area contributed by atoms with Gasteiger partial charge in [0.05, 0.1) is 32.4 Å². The van der Waals surface area contributed by atoms with Crippen LogP contribution in [0.3, 0.4) is 0 Å². The van der Waals surface area contributed by atoms with Crippen LogP contribution in [0, 0.1) is 0 Å². The van der Waals surface area contributed by atoms with Crippen LogP contribution in [0.1, 0.15) is 23.3 Å². The van der Waals surface area contributed by atoms with Crippen molar-refractivity contribution in [2.24, 2.45) is 5.73 Å². The minimum atomic E-state index is -0.767. The normalized spacial score (nSPS) is 16.3. The van der Waals surface area contributed by atoms with Crippen LogP contribution < -0.4 is 20.9 Å². The molecule has 1 aliphatic heterocycles. The number of H-pyrrole nitrogens is 1. The number of carbonyl (C=O) groups excluding carboxylic acids is 1. The molecule has 10 nitrogen and oxygen atoms in total. The van der Waals surface area contributed by atoms with Crippen molar-refractivity contribution in [2.75, 3.05) is 20.8 Å². The highest BCUT2D eigenvalue weighted by atomic mass is 16.5. The molecule has 4 rings (SSSR count). The molecule has 0 bridgehead atoms. The maximum Gasteiger partial charge on any atom is 0.327 e. The highest BCUT2D eigenvalue weighted by Crippen LogP contribution is 2.32. The predicted molar refractivity (Wildman–Crippen MR) is 104 cm³/mol. The minimum absolute atomic E-state index is 0.0638. The molecule has 1 fully saturated rings. The van der Waals surface area contributed by atoms with Gasteiger partial charge in [0, 0.05) is 12.7 Å². The van der Waals surface area contributed by atoms with Crippen LogP contribution in [0.5, 0.6) is 11.5 Å². The number of primary amides is 1. The Kier molecular flexibility index (Phi) is 4.93. The lowest BCUT2D eigenvalue weighted by atomic mass is 10.1. The number of nitrogens with zero attached hydrogens (tertiary/aromatic N) is 3. The molecule has 0 aliphatic carbocycles. The number of methoxy groups -OCH3 is 2. The van der Waals surface area contributed by atoms with E-state index in [1.165, 1.54) is 11.7 Å². The van der Waals surface area contributed by atoms with Gasteiger partial charge in [0.15, 0.2) is 17.2 Å². The highest BCUT2D eigenvalue weighted by Gasteiger charge is 2.24. The van der Waals surface area contributed by atoms with Crippen molar-refractivity contribution in [1.82, 2.24) is 19.5 Å². The molecule has 1 aliphatic rings. The molecule has 1 unspecified atom stereocenters. The Hall–Kier alpha value is -3.40. The number of carbonyl (C=O) groups is 1. The number of imidazole rings is 1. The van der Waals surface area contributed by atoms with Crippen LogP contribution in [-0.2, 0) is 11.3 Å². The van der Waals surface area contributed by atoms with Gasteiger partial charge in [-0.15, -0.1) is 0 Å². The Bertz CT molecular complexity index is 1130. The van der Waals surface area contributed by atoms with Crippen molar-refractivity contribution >= 4 is 17.1 Å². The first-order valence-electron chi connectivity index (χ1n) is 9.16. The molecule has 29 heavy (non-hydrogen) atoms. The van der Waals surface area contributed by atoms with Crippen LogP contribution in [0.2, 0.25) is 0 Å². The SMILES string of the molecule is COc1ccc(-c2nc(C(N)=O)c3[nH]c(=O)n(CC4CCCO4)c3n2)c(OC)c1. The fourth-order valence-corrected chi connectivity index (χ4v) is 3.47. The summed E-state index contributed by atoms with van der Waals surface area (Å²) < 4.78 is 17.7. The first-order valence-corrected chi connectivity index (χ1v) is 9.16. The molecule has 10 heteroatoms. The number of nitrogens with one attached hydrogen (secondary N) is 1. The third kappa shape index (κ3) is 3.42. The number of nitrogens with two attached hydrogens (primary N) is 1. The number of amides is 1. The maximum atomic E-state index is 12.5. The fraction of sp³-hybridized carbons (Fsp3) is 0.368. The van der Waals surface area contributed by atoms with Crippen LogP contribution in [0.25, 0.3) is 22.6 Å². The van der Waals surface area contributed by atoms with E-state index in [9.17, 15) is 9.59 Å². The molecule has 0 radical (unpaired) electrons. The molecule has 152 valence electrons. The number of aromatic amines is 1. The van der Waals surface area contributed by atoms with Gasteiger partial charge in [0.2, 0.25) is 0 Å². The predicted octanol–water partition coefficient (Wildman–Crippen LogP) is 1.08. The standard InChI is InChI=1S/C19H21N5O5/c1-27-10-5-6-12(13(8-10)28-2)17-21-14(16(20)25)15-18(23-17)24(19(26)22-15)9-11-4-3-7-29-11/h5-6,8,11H,3-4,7,9H2,1-2H3,(H2,20,25)(H,22,26). The summed E-state index contributed by atoms with van der Waals surface area (Å²) in [7, 11) is 3.06. The molecule has 1 atom stereocenters. The van der Waals surface area contributed by atoms with Gasteiger partial charge < -0.3 is 24.9 Å². The van der Waals surface area contributed by atoms with Gasteiger partial charge in [0.25, 0.3) is 5.91 Å². The van der Waals surface area contributed by atoms with E-state index in [0.717, 1.165) is 12.8 Å². The third-order valence-electron chi connectivity index (χ3n) is 4.92. The first-order chi connectivity index (χ1) is 14.0. The van der Waals surface area contributed by atoms with Crippen molar-refractivity contribution in [3.05, 3.63) is 34.4 Å². The van der Waals surface area contributed by atoms with Crippen molar-refractivity contribution < 1.29 is 19.0 Å². The average molecular weight is 399 g/mol. The number of hydrogen-bond donors (Lipinski definition) is 2. The van der Waals surface area contributed by atoms with Gasteiger partial charge in [-0.2, -0.15) is 0 Å². The molecule has 3 heterocycles. The monoisotopic (exact) mass is 399 g/mol. The van der Waals surface area contributed by atoms with Crippen LogP contribution in [0.15, 0.2) is 23.0 Å². The Morgan fingerprint density at radius 3 is 2.83 bits per heavy atom. The Balaban J connectivity index is 1.91. The molecule has 1 amide bonds. The van der Waals surface area contributed by atoms with E-state index >= 15 is 0 Å². The molecule has 0 saturated carbocycles. The Morgan fingerprint density at radius 1 is 1.34 bits per heavy atom. The van der Waals surface area contributed by atoms with Crippen LogP contribution in [-0.4, -0.2) is 52.4 Å². The summed E-state index contributed by atoms with van der Waals surface area (Å²) in [6.45, 7) is 0.991. The zero-order valence-electron chi connectivity index (χ0n) is 16.1. The second-order valence-electron chi connectivity index (χ2n) is 6.70. The summed E-state index contributed by atoms with van der Waals surface area (Å²) in [4.78, 5) is 36.1. The Labute approximate surface area is 165 Å². The van der Waals surface area contributed by atoms with Crippen molar-refractivity contribution in [2.45, 2.75) is 25.5 Å². The summed E-state index contributed by atoms with van der Waals surface area (Å²) in [5, 5.41) is 0. The van der Waals surface area contributed by atoms with Crippen molar-refractivity contribution in [3.63, 3.8) is 0 Å². The van der Waals surface area contributed by atoms with E-state index in [1.54, 1.807) is 25.3 Å². The number of benzene rings is 1. The topological polar surface area (TPSA) is 134 Å². The van der Waals surface area contributed by atoms with Crippen molar-refractivity contribution in [3.8, 4) is 22.9 Å². The second-order valence-corrected chi connectivity index (χ2v) is 6.70. The third-order valence-corrected chi connectivity index (χ3v) is 4.92. The van der Waals surface area contributed by atoms with Gasteiger partial charge >= 0.3 is 5.69 Å². The number of hydrogen-bond acceptors (Lipinski definition) is 7. The smallest absolute Gasteiger partial charge is 0.327 e. The van der Waals surface area contributed by atoms with E-state index in [1.807, 2.05) is 0 Å². The lowest BCUT2D eigenvalue weighted by Crippen LogP contribution is -2.24. The molecule has 1 aromatic carbocycles. The molecule has 0 spiro atoms. The van der Waals surface area contributed by atoms with Gasteiger partial charge in [-0.3, -0.25) is 9.36 Å². The fourth-order valence-electron chi connectivity index (χ4n) is 3.47. The minimum Gasteiger partial charge on any atom is -0.497 e. The summed E-state index contributed by atoms with van der Waals surface area (Å²) in [5.41, 5.74) is 6.10. The van der Waals surface area contributed by atoms with Gasteiger partial charge in [0.1, 0.15) is 17.0 Å². The highest BCUT2D eigenvalue weighted by molar-refractivity contribution is 6.02. The van der Waals surface area contributed by atoms with E-state index < -0.39 is 11.6 Å². The summed E-state index contributed by atoms with van der Waals surface area (Å²) >= 11 is 0.